The number of hydrogen-bond acceptors (Lipinski definition) is 5. The number of carboxylic acid groups (broad SMARTS) is 1. The molecule has 2 rings (SSSR count). The van der Waals surface area contributed by atoms with Crippen LogP contribution in [0.15, 0.2) is 36.7 Å². The first-order chi connectivity index (χ1) is 8.15. The Labute approximate surface area is 96.6 Å². The van der Waals surface area contributed by atoms with Crippen LogP contribution in [0.2, 0.25) is 0 Å². The lowest BCUT2D eigenvalue weighted by molar-refractivity contribution is 0.0690. The Balaban J connectivity index is 2.21. The number of benzene rings is 1. The largest absolute Gasteiger partial charge is 0.508 e. The Morgan fingerprint density at radius 2 is 1.88 bits per heavy atom. The monoisotopic (exact) mass is 231 g/mol. The number of aromatic nitrogens is 2. The Hall–Kier alpha value is -2.63. The molecule has 1 aromatic heterocycles. The summed E-state index contributed by atoms with van der Waals surface area (Å²) in [4.78, 5) is 18.3. The van der Waals surface area contributed by atoms with E-state index >= 15 is 0 Å². The first-order valence-corrected chi connectivity index (χ1v) is 4.76. The summed E-state index contributed by atoms with van der Waals surface area (Å²) in [7, 11) is 0. The van der Waals surface area contributed by atoms with Crippen molar-refractivity contribution >= 4 is 17.5 Å². The summed E-state index contributed by atoms with van der Waals surface area (Å²) in [5.74, 6) is -0.650. The van der Waals surface area contributed by atoms with Gasteiger partial charge in [0.1, 0.15) is 11.6 Å². The van der Waals surface area contributed by atoms with Gasteiger partial charge in [-0.25, -0.2) is 9.78 Å². The molecule has 0 radical (unpaired) electrons. The van der Waals surface area contributed by atoms with Crippen LogP contribution in [0.1, 0.15) is 10.5 Å². The molecule has 0 aliphatic heterocycles. The maximum atomic E-state index is 10.7. The molecule has 0 fully saturated rings. The fraction of sp³-hybridized carbons (Fsp3) is 0. The average molecular weight is 231 g/mol. The lowest BCUT2D eigenvalue weighted by atomic mass is 10.3. The SMILES string of the molecule is O=C(O)c1cncc(Nc2ccc(O)cc2)n1. The van der Waals surface area contributed by atoms with Crippen molar-refractivity contribution < 1.29 is 15.0 Å². The first-order valence-electron chi connectivity index (χ1n) is 4.76. The van der Waals surface area contributed by atoms with Crippen LogP contribution in [-0.2, 0) is 0 Å². The van der Waals surface area contributed by atoms with Crippen LogP contribution >= 0.6 is 0 Å². The van der Waals surface area contributed by atoms with Crippen molar-refractivity contribution in [2.75, 3.05) is 5.32 Å². The van der Waals surface area contributed by atoms with Crippen molar-refractivity contribution in [1.82, 2.24) is 9.97 Å². The van der Waals surface area contributed by atoms with E-state index in [-0.39, 0.29) is 11.4 Å². The smallest absolute Gasteiger partial charge is 0.356 e. The molecule has 1 heterocycles. The number of nitrogens with zero attached hydrogens (tertiary/aromatic N) is 2. The van der Waals surface area contributed by atoms with E-state index in [1.807, 2.05) is 0 Å². The molecule has 0 amide bonds. The standard InChI is InChI=1S/C11H9N3O3/c15-8-3-1-7(2-4-8)13-10-6-12-5-9(14-10)11(16)17/h1-6,15H,(H,13,14)(H,16,17). The molecule has 0 saturated carbocycles. The number of carboxylic acids is 1. The van der Waals surface area contributed by atoms with Crippen LogP contribution in [-0.4, -0.2) is 26.2 Å². The Kier molecular flexibility index (Phi) is 2.87. The van der Waals surface area contributed by atoms with Crippen LogP contribution in [0.5, 0.6) is 5.75 Å². The minimum absolute atomic E-state index is 0.131. The second kappa shape index (κ2) is 4.48. The fourth-order valence-corrected chi connectivity index (χ4v) is 1.22. The van der Waals surface area contributed by atoms with Gasteiger partial charge in [0.25, 0.3) is 0 Å². The molecule has 0 aliphatic rings. The Morgan fingerprint density at radius 1 is 1.18 bits per heavy atom. The summed E-state index contributed by atoms with van der Waals surface area (Å²) in [5, 5.41) is 20.7. The molecule has 17 heavy (non-hydrogen) atoms. The normalized spacial score (nSPS) is 9.88. The Morgan fingerprint density at radius 3 is 2.53 bits per heavy atom. The van der Waals surface area contributed by atoms with Crippen LogP contribution in [0.25, 0.3) is 0 Å². The number of phenolic OH excluding ortho intramolecular Hbond substituents is 1. The van der Waals surface area contributed by atoms with Crippen LogP contribution in [0.3, 0.4) is 0 Å². The zero-order valence-electron chi connectivity index (χ0n) is 8.66. The maximum absolute atomic E-state index is 10.7. The second-order valence-corrected chi connectivity index (χ2v) is 3.27. The quantitative estimate of drug-likeness (QED) is 0.695. The van der Waals surface area contributed by atoms with Crippen molar-refractivity contribution in [3.8, 4) is 5.75 Å². The van der Waals surface area contributed by atoms with Gasteiger partial charge in [0.05, 0.1) is 12.4 Å². The van der Waals surface area contributed by atoms with Gasteiger partial charge in [0, 0.05) is 5.69 Å². The molecule has 0 saturated heterocycles. The van der Waals surface area contributed by atoms with E-state index in [0.717, 1.165) is 0 Å². The third-order valence-corrected chi connectivity index (χ3v) is 1.99. The second-order valence-electron chi connectivity index (χ2n) is 3.27. The summed E-state index contributed by atoms with van der Waals surface area (Å²) in [6.45, 7) is 0. The van der Waals surface area contributed by atoms with Gasteiger partial charge in [-0.1, -0.05) is 0 Å². The minimum Gasteiger partial charge on any atom is -0.508 e. The summed E-state index contributed by atoms with van der Waals surface area (Å²) in [5.41, 5.74) is 0.549. The lowest BCUT2D eigenvalue weighted by Gasteiger charge is -2.05. The number of phenols is 1. The molecule has 1 aromatic carbocycles. The van der Waals surface area contributed by atoms with Gasteiger partial charge in [0.15, 0.2) is 5.69 Å². The molecule has 0 bridgehead atoms. The van der Waals surface area contributed by atoms with Gasteiger partial charge in [-0.15, -0.1) is 0 Å². The maximum Gasteiger partial charge on any atom is 0.356 e. The number of nitrogens with one attached hydrogen (secondary N) is 1. The highest BCUT2D eigenvalue weighted by Gasteiger charge is 2.06. The van der Waals surface area contributed by atoms with E-state index in [2.05, 4.69) is 15.3 Å². The zero-order chi connectivity index (χ0) is 12.3. The minimum atomic E-state index is -1.13. The van der Waals surface area contributed by atoms with Gasteiger partial charge in [-0.2, -0.15) is 0 Å². The molecule has 0 unspecified atom stereocenters. The molecule has 2 aromatic rings. The molecule has 86 valence electrons. The molecule has 6 nitrogen and oxygen atoms in total. The van der Waals surface area contributed by atoms with Crippen molar-refractivity contribution in [1.29, 1.82) is 0 Å². The third-order valence-electron chi connectivity index (χ3n) is 1.99. The predicted octanol–water partition coefficient (Wildman–Crippen LogP) is 1.62. The molecular weight excluding hydrogens is 222 g/mol. The predicted molar refractivity (Wildman–Crippen MR) is 60.4 cm³/mol. The van der Waals surface area contributed by atoms with E-state index in [1.54, 1.807) is 12.1 Å². The number of aromatic hydroxyl groups is 1. The van der Waals surface area contributed by atoms with E-state index in [1.165, 1.54) is 24.5 Å². The molecule has 6 heteroatoms. The third kappa shape index (κ3) is 2.69. The van der Waals surface area contributed by atoms with Crippen LogP contribution in [0, 0.1) is 0 Å². The number of hydrogen-bond donors (Lipinski definition) is 3. The summed E-state index contributed by atoms with van der Waals surface area (Å²) < 4.78 is 0. The first kappa shape index (κ1) is 10.9. The number of rotatable bonds is 3. The molecule has 3 N–H and O–H groups in total. The van der Waals surface area contributed by atoms with Crippen molar-refractivity contribution in [2.45, 2.75) is 0 Å². The number of aromatic carboxylic acids is 1. The van der Waals surface area contributed by atoms with E-state index in [0.29, 0.717) is 11.5 Å². The highest BCUT2D eigenvalue weighted by Crippen LogP contribution is 2.17. The average Bonchev–Trinajstić information content (AvgIpc) is 2.32. The van der Waals surface area contributed by atoms with E-state index in [9.17, 15) is 4.79 Å². The van der Waals surface area contributed by atoms with Crippen molar-refractivity contribution in [2.24, 2.45) is 0 Å². The highest BCUT2D eigenvalue weighted by atomic mass is 16.4. The van der Waals surface area contributed by atoms with E-state index in [4.69, 9.17) is 10.2 Å². The summed E-state index contributed by atoms with van der Waals surface area (Å²) >= 11 is 0. The molecule has 0 atom stereocenters. The van der Waals surface area contributed by atoms with Crippen molar-refractivity contribution in [3.63, 3.8) is 0 Å². The molecular formula is C11H9N3O3. The molecule has 0 spiro atoms. The van der Waals surface area contributed by atoms with Crippen molar-refractivity contribution in [3.05, 3.63) is 42.4 Å². The Bertz CT molecular complexity index is 540. The summed E-state index contributed by atoms with van der Waals surface area (Å²) in [6, 6.07) is 6.31. The van der Waals surface area contributed by atoms with Gasteiger partial charge >= 0.3 is 5.97 Å². The topological polar surface area (TPSA) is 95.3 Å². The van der Waals surface area contributed by atoms with Gasteiger partial charge < -0.3 is 15.5 Å². The fourth-order valence-electron chi connectivity index (χ4n) is 1.22. The zero-order valence-corrected chi connectivity index (χ0v) is 8.66. The summed E-state index contributed by atoms with van der Waals surface area (Å²) in [6.07, 6.45) is 2.59. The number of carbonyl (C=O) groups is 1. The van der Waals surface area contributed by atoms with Gasteiger partial charge in [0.2, 0.25) is 0 Å². The number of anilines is 2. The van der Waals surface area contributed by atoms with Gasteiger partial charge in [-0.3, -0.25) is 4.98 Å². The van der Waals surface area contributed by atoms with Crippen LogP contribution < -0.4 is 5.32 Å². The van der Waals surface area contributed by atoms with E-state index < -0.39 is 5.97 Å². The molecule has 0 aliphatic carbocycles. The van der Waals surface area contributed by atoms with Crippen LogP contribution in [0.4, 0.5) is 11.5 Å². The highest BCUT2D eigenvalue weighted by molar-refractivity contribution is 5.85. The van der Waals surface area contributed by atoms with Gasteiger partial charge in [-0.05, 0) is 24.3 Å². The lowest BCUT2D eigenvalue weighted by Crippen LogP contribution is -2.03.